The molecule has 0 fully saturated rings. The molecule has 4 heteroatoms. The molecule has 2 aromatic rings. The summed E-state index contributed by atoms with van der Waals surface area (Å²) in [6, 6.07) is 3.44. The van der Waals surface area contributed by atoms with Crippen LogP contribution in [-0.2, 0) is 6.42 Å². The van der Waals surface area contributed by atoms with Gasteiger partial charge in [-0.25, -0.2) is 4.98 Å². The average molecular weight is 243 g/mol. The van der Waals surface area contributed by atoms with E-state index >= 15 is 0 Å². The number of aromatic nitrogens is 3. The van der Waals surface area contributed by atoms with Gasteiger partial charge in [-0.3, -0.25) is 9.78 Å². The van der Waals surface area contributed by atoms with Gasteiger partial charge in [-0.15, -0.1) is 0 Å². The van der Waals surface area contributed by atoms with Gasteiger partial charge in [0.25, 0.3) is 5.56 Å². The van der Waals surface area contributed by atoms with Crippen LogP contribution in [0.2, 0.25) is 0 Å². The molecule has 0 bridgehead atoms. The van der Waals surface area contributed by atoms with Crippen LogP contribution in [0.3, 0.4) is 0 Å². The molecule has 0 atom stereocenters. The first-order valence-electron chi connectivity index (χ1n) is 6.07. The molecule has 0 aliphatic rings. The Morgan fingerprint density at radius 3 is 2.83 bits per heavy atom. The highest BCUT2D eigenvalue weighted by atomic mass is 16.1. The fourth-order valence-corrected chi connectivity index (χ4v) is 1.90. The minimum atomic E-state index is -0.105. The van der Waals surface area contributed by atoms with Gasteiger partial charge < -0.3 is 4.98 Å². The first-order valence-corrected chi connectivity index (χ1v) is 6.07. The molecule has 0 amide bonds. The van der Waals surface area contributed by atoms with E-state index < -0.39 is 0 Å². The van der Waals surface area contributed by atoms with Crippen molar-refractivity contribution in [3.63, 3.8) is 0 Å². The lowest BCUT2D eigenvalue weighted by molar-refractivity contribution is 0.634. The Hall–Kier alpha value is -1.97. The quantitative estimate of drug-likeness (QED) is 0.900. The van der Waals surface area contributed by atoms with Gasteiger partial charge in [0.05, 0.1) is 0 Å². The van der Waals surface area contributed by atoms with Crippen LogP contribution < -0.4 is 5.56 Å². The molecule has 0 radical (unpaired) electrons. The first-order chi connectivity index (χ1) is 8.56. The Labute approximate surface area is 106 Å². The van der Waals surface area contributed by atoms with Gasteiger partial charge in [-0.1, -0.05) is 13.8 Å². The van der Waals surface area contributed by atoms with Gasteiger partial charge in [-0.05, 0) is 30.9 Å². The molecule has 0 aliphatic heterocycles. The fourth-order valence-electron chi connectivity index (χ4n) is 1.90. The molecule has 1 N–H and O–H groups in total. The van der Waals surface area contributed by atoms with Gasteiger partial charge in [-0.2, -0.15) is 0 Å². The fraction of sp³-hybridized carbons (Fsp3) is 0.357. The van der Waals surface area contributed by atoms with Crippen LogP contribution in [0.1, 0.15) is 25.1 Å². The molecule has 4 nitrogen and oxygen atoms in total. The molecule has 0 spiro atoms. The molecule has 0 saturated heterocycles. The molecule has 0 saturated carbocycles. The third-order valence-corrected chi connectivity index (χ3v) is 2.69. The number of H-pyrrole nitrogens is 1. The summed E-state index contributed by atoms with van der Waals surface area (Å²) >= 11 is 0. The molecule has 0 unspecified atom stereocenters. The second kappa shape index (κ2) is 5.12. The number of rotatable bonds is 3. The molecular formula is C14H17N3O. The minimum absolute atomic E-state index is 0.105. The second-order valence-corrected chi connectivity index (χ2v) is 4.87. The normalized spacial score (nSPS) is 10.9. The maximum atomic E-state index is 11.7. The highest BCUT2D eigenvalue weighted by Crippen LogP contribution is 2.17. The number of hydrogen-bond donors (Lipinski definition) is 1. The summed E-state index contributed by atoms with van der Waals surface area (Å²) in [5.41, 5.74) is 2.65. The van der Waals surface area contributed by atoms with E-state index in [0.29, 0.717) is 11.7 Å². The molecule has 2 heterocycles. The van der Waals surface area contributed by atoms with Crippen LogP contribution in [0.4, 0.5) is 0 Å². The van der Waals surface area contributed by atoms with Crippen molar-refractivity contribution in [1.82, 2.24) is 15.0 Å². The van der Waals surface area contributed by atoms with Gasteiger partial charge in [0, 0.05) is 29.7 Å². The van der Waals surface area contributed by atoms with Crippen molar-refractivity contribution in [2.45, 2.75) is 27.2 Å². The van der Waals surface area contributed by atoms with E-state index in [4.69, 9.17) is 0 Å². The molecule has 94 valence electrons. The van der Waals surface area contributed by atoms with Gasteiger partial charge in [0.1, 0.15) is 5.82 Å². The van der Waals surface area contributed by atoms with E-state index in [1.54, 1.807) is 18.5 Å². The van der Waals surface area contributed by atoms with E-state index in [1.165, 1.54) is 0 Å². The van der Waals surface area contributed by atoms with Crippen LogP contribution in [0.15, 0.2) is 29.3 Å². The van der Waals surface area contributed by atoms with Crippen LogP contribution in [0.25, 0.3) is 11.4 Å². The van der Waals surface area contributed by atoms with E-state index in [0.717, 1.165) is 23.2 Å². The molecular weight excluding hydrogens is 226 g/mol. The van der Waals surface area contributed by atoms with Gasteiger partial charge in [0.2, 0.25) is 0 Å². The third-order valence-electron chi connectivity index (χ3n) is 2.69. The molecule has 0 aliphatic carbocycles. The lowest BCUT2D eigenvalue weighted by Crippen LogP contribution is -2.12. The Morgan fingerprint density at radius 1 is 1.39 bits per heavy atom. The zero-order valence-corrected chi connectivity index (χ0v) is 10.9. The number of nitrogens with one attached hydrogen (secondary N) is 1. The van der Waals surface area contributed by atoms with E-state index in [-0.39, 0.29) is 5.56 Å². The van der Waals surface area contributed by atoms with Crippen molar-refractivity contribution in [2.75, 3.05) is 0 Å². The van der Waals surface area contributed by atoms with Crippen LogP contribution in [-0.4, -0.2) is 15.0 Å². The molecule has 2 aromatic heterocycles. The van der Waals surface area contributed by atoms with Crippen LogP contribution in [0.5, 0.6) is 0 Å². The highest BCUT2D eigenvalue weighted by molar-refractivity contribution is 5.58. The number of aryl methyl sites for hydroxylation is 1. The van der Waals surface area contributed by atoms with Crippen molar-refractivity contribution in [2.24, 2.45) is 5.92 Å². The lowest BCUT2D eigenvalue weighted by Gasteiger charge is -2.08. The standard InChI is InChI=1S/C14H17N3O/c1-9(2)6-11-7-13(18)17-14(16-11)12-4-5-15-8-10(12)3/h4-5,7-9H,6H2,1-3H3,(H,16,17,18). The van der Waals surface area contributed by atoms with E-state index in [2.05, 4.69) is 28.8 Å². The highest BCUT2D eigenvalue weighted by Gasteiger charge is 2.07. The number of nitrogens with zero attached hydrogens (tertiary/aromatic N) is 2. The summed E-state index contributed by atoms with van der Waals surface area (Å²) in [5.74, 6) is 1.10. The Bertz CT molecular complexity index is 602. The van der Waals surface area contributed by atoms with Crippen molar-refractivity contribution in [1.29, 1.82) is 0 Å². The zero-order chi connectivity index (χ0) is 13.1. The Morgan fingerprint density at radius 2 is 2.17 bits per heavy atom. The summed E-state index contributed by atoms with van der Waals surface area (Å²) in [5, 5.41) is 0. The van der Waals surface area contributed by atoms with Crippen molar-refractivity contribution < 1.29 is 0 Å². The van der Waals surface area contributed by atoms with E-state index in [1.807, 2.05) is 13.0 Å². The van der Waals surface area contributed by atoms with Crippen molar-refractivity contribution >= 4 is 0 Å². The first kappa shape index (κ1) is 12.5. The molecule has 0 aromatic carbocycles. The summed E-state index contributed by atoms with van der Waals surface area (Å²) in [6.07, 6.45) is 4.28. The number of pyridine rings is 1. The maximum Gasteiger partial charge on any atom is 0.251 e. The zero-order valence-electron chi connectivity index (χ0n) is 10.9. The largest absolute Gasteiger partial charge is 0.307 e. The topological polar surface area (TPSA) is 58.6 Å². The summed E-state index contributed by atoms with van der Waals surface area (Å²) in [7, 11) is 0. The van der Waals surface area contributed by atoms with Crippen LogP contribution in [0, 0.1) is 12.8 Å². The number of aromatic amines is 1. The van der Waals surface area contributed by atoms with Crippen molar-refractivity contribution in [3.8, 4) is 11.4 Å². The van der Waals surface area contributed by atoms with Gasteiger partial charge >= 0.3 is 0 Å². The predicted octanol–water partition coefficient (Wildman–Crippen LogP) is 2.34. The smallest absolute Gasteiger partial charge is 0.251 e. The summed E-state index contributed by atoms with van der Waals surface area (Å²) < 4.78 is 0. The Balaban J connectivity index is 2.49. The monoisotopic (exact) mass is 243 g/mol. The van der Waals surface area contributed by atoms with E-state index in [9.17, 15) is 4.79 Å². The van der Waals surface area contributed by atoms with Gasteiger partial charge in [0.15, 0.2) is 0 Å². The maximum absolute atomic E-state index is 11.7. The Kier molecular flexibility index (Phi) is 3.55. The number of hydrogen-bond acceptors (Lipinski definition) is 3. The van der Waals surface area contributed by atoms with Crippen LogP contribution >= 0.6 is 0 Å². The molecule has 2 rings (SSSR count). The third kappa shape index (κ3) is 2.83. The summed E-state index contributed by atoms with van der Waals surface area (Å²) in [4.78, 5) is 23.0. The molecule has 18 heavy (non-hydrogen) atoms. The van der Waals surface area contributed by atoms with Crippen molar-refractivity contribution in [3.05, 3.63) is 46.1 Å². The predicted molar refractivity (Wildman–Crippen MR) is 71.4 cm³/mol. The SMILES string of the molecule is Cc1cnccc1-c1nc(CC(C)C)cc(=O)[nH]1. The summed E-state index contributed by atoms with van der Waals surface area (Å²) in [6.45, 7) is 6.18. The lowest BCUT2D eigenvalue weighted by atomic mass is 10.1. The average Bonchev–Trinajstić information content (AvgIpc) is 2.27. The second-order valence-electron chi connectivity index (χ2n) is 4.87. The minimum Gasteiger partial charge on any atom is -0.307 e.